The number of benzene rings is 1. The number of H-pyrrole nitrogens is 1. The SMILES string of the molecule is CC.CN(C)C.Cc1cccc2[nH]c(C=O)cc(=O)c12. The van der Waals surface area contributed by atoms with Crippen LogP contribution in [0.25, 0.3) is 10.9 Å². The van der Waals surface area contributed by atoms with Crippen LogP contribution in [0.2, 0.25) is 0 Å². The second kappa shape index (κ2) is 9.04. The van der Waals surface area contributed by atoms with E-state index in [4.69, 9.17) is 0 Å². The quantitative estimate of drug-likeness (QED) is 0.815. The van der Waals surface area contributed by atoms with Gasteiger partial charge < -0.3 is 9.88 Å². The Bertz CT molecular complexity index is 598. The number of hydrogen-bond donors (Lipinski definition) is 1. The summed E-state index contributed by atoms with van der Waals surface area (Å²) in [5.74, 6) is 0. The Morgan fingerprint density at radius 1 is 1.15 bits per heavy atom. The lowest BCUT2D eigenvalue weighted by Gasteiger charge is -2.01. The Hall–Kier alpha value is -1.94. The van der Waals surface area contributed by atoms with E-state index in [0.717, 1.165) is 5.56 Å². The van der Waals surface area contributed by atoms with Crippen molar-refractivity contribution in [2.24, 2.45) is 0 Å². The van der Waals surface area contributed by atoms with E-state index >= 15 is 0 Å². The van der Waals surface area contributed by atoms with Gasteiger partial charge in [0.15, 0.2) is 11.7 Å². The van der Waals surface area contributed by atoms with Gasteiger partial charge in [-0.15, -0.1) is 0 Å². The van der Waals surface area contributed by atoms with Crippen molar-refractivity contribution in [3.05, 3.63) is 45.7 Å². The molecule has 0 saturated carbocycles. The summed E-state index contributed by atoms with van der Waals surface area (Å²) < 4.78 is 0. The molecule has 0 bridgehead atoms. The molecule has 0 saturated heterocycles. The minimum Gasteiger partial charge on any atom is -0.352 e. The summed E-state index contributed by atoms with van der Waals surface area (Å²) in [6.45, 7) is 5.87. The van der Waals surface area contributed by atoms with Gasteiger partial charge >= 0.3 is 0 Å². The Morgan fingerprint density at radius 3 is 2.20 bits per heavy atom. The van der Waals surface area contributed by atoms with E-state index in [1.807, 2.05) is 58.9 Å². The number of carbonyl (C=O) groups excluding carboxylic acids is 1. The van der Waals surface area contributed by atoms with Crippen LogP contribution >= 0.6 is 0 Å². The number of nitrogens with zero attached hydrogens (tertiary/aromatic N) is 1. The second-order valence-electron chi connectivity index (χ2n) is 4.55. The van der Waals surface area contributed by atoms with Crippen molar-refractivity contribution in [1.82, 2.24) is 9.88 Å². The standard InChI is InChI=1S/C11H9NO2.C3H9N.C2H6/c1-7-3-2-4-9-11(7)10(14)5-8(6-13)12-9;1-4(2)3;1-2/h2-6H,1H3,(H,12,14);1-3H3;1-2H3. The summed E-state index contributed by atoms with van der Waals surface area (Å²) in [6.07, 6.45) is 0.642. The summed E-state index contributed by atoms with van der Waals surface area (Å²) in [5.41, 5.74) is 1.83. The zero-order valence-corrected chi connectivity index (χ0v) is 13.2. The lowest BCUT2D eigenvalue weighted by atomic mass is 10.1. The maximum atomic E-state index is 11.6. The summed E-state index contributed by atoms with van der Waals surface area (Å²) in [5, 5.41) is 0.651. The Balaban J connectivity index is 0.000000521. The average molecular weight is 276 g/mol. The first-order valence-corrected chi connectivity index (χ1v) is 6.64. The lowest BCUT2D eigenvalue weighted by molar-refractivity contribution is 0.111. The molecule has 0 aliphatic heterocycles. The molecule has 110 valence electrons. The van der Waals surface area contributed by atoms with Crippen LogP contribution in [0.15, 0.2) is 29.1 Å². The number of aldehydes is 1. The van der Waals surface area contributed by atoms with Crippen molar-refractivity contribution < 1.29 is 4.79 Å². The maximum absolute atomic E-state index is 11.6. The van der Waals surface area contributed by atoms with Crippen LogP contribution in [-0.2, 0) is 0 Å². The fourth-order valence-corrected chi connectivity index (χ4v) is 1.57. The summed E-state index contributed by atoms with van der Waals surface area (Å²) in [6, 6.07) is 6.83. The van der Waals surface area contributed by atoms with Gasteiger partial charge in [0.05, 0.1) is 11.2 Å². The molecule has 4 heteroatoms. The van der Waals surface area contributed by atoms with Crippen LogP contribution in [0, 0.1) is 6.92 Å². The van der Waals surface area contributed by atoms with Crippen LogP contribution in [0.4, 0.5) is 0 Å². The molecule has 0 unspecified atom stereocenters. The minimum absolute atomic E-state index is 0.112. The molecule has 4 nitrogen and oxygen atoms in total. The number of pyridine rings is 1. The number of carbonyl (C=O) groups is 1. The van der Waals surface area contributed by atoms with Gasteiger partial charge in [0.25, 0.3) is 0 Å². The number of fused-ring (bicyclic) bond motifs is 1. The molecule has 0 radical (unpaired) electrons. The topological polar surface area (TPSA) is 53.2 Å². The van der Waals surface area contributed by atoms with E-state index in [9.17, 15) is 9.59 Å². The molecule has 0 aliphatic carbocycles. The highest BCUT2D eigenvalue weighted by atomic mass is 16.1. The van der Waals surface area contributed by atoms with Crippen molar-refractivity contribution in [2.45, 2.75) is 20.8 Å². The molecular weight excluding hydrogens is 252 g/mol. The highest BCUT2D eigenvalue weighted by Crippen LogP contribution is 2.11. The maximum Gasteiger partial charge on any atom is 0.190 e. The molecule has 2 rings (SSSR count). The molecule has 0 atom stereocenters. The van der Waals surface area contributed by atoms with E-state index in [0.29, 0.717) is 22.9 Å². The molecule has 1 aromatic heterocycles. The number of aryl methyl sites for hydroxylation is 1. The van der Waals surface area contributed by atoms with E-state index in [-0.39, 0.29) is 5.43 Å². The Labute approximate surface area is 120 Å². The zero-order chi connectivity index (χ0) is 15.7. The molecule has 0 fully saturated rings. The third kappa shape index (κ3) is 5.36. The number of nitrogens with one attached hydrogen (secondary N) is 1. The molecule has 20 heavy (non-hydrogen) atoms. The van der Waals surface area contributed by atoms with Gasteiger partial charge in [-0.1, -0.05) is 26.0 Å². The van der Waals surface area contributed by atoms with Crippen LogP contribution in [0.5, 0.6) is 0 Å². The molecule has 0 amide bonds. The van der Waals surface area contributed by atoms with E-state index in [1.54, 1.807) is 6.07 Å². The predicted molar refractivity (Wildman–Crippen MR) is 85.7 cm³/mol. The number of aromatic nitrogens is 1. The summed E-state index contributed by atoms with van der Waals surface area (Å²) >= 11 is 0. The first-order valence-electron chi connectivity index (χ1n) is 6.64. The van der Waals surface area contributed by atoms with Gasteiger partial charge in [0.2, 0.25) is 0 Å². The van der Waals surface area contributed by atoms with Crippen molar-refractivity contribution in [1.29, 1.82) is 0 Å². The molecule has 0 spiro atoms. The van der Waals surface area contributed by atoms with Crippen LogP contribution < -0.4 is 5.43 Å². The third-order valence-corrected chi connectivity index (χ3v) is 2.21. The zero-order valence-electron chi connectivity index (χ0n) is 13.2. The molecule has 1 aromatic carbocycles. The number of rotatable bonds is 1. The largest absolute Gasteiger partial charge is 0.352 e. The van der Waals surface area contributed by atoms with E-state index in [2.05, 4.69) is 4.98 Å². The smallest absolute Gasteiger partial charge is 0.190 e. The first kappa shape index (κ1) is 18.1. The fraction of sp³-hybridized carbons (Fsp3) is 0.375. The van der Waals surface area contributed by atoms with Gasteiger partial charge in [0, 0.05) is 11.5 Å². The number of aromatic amines is 1. The van der Waals surface area contributed by atoms with Gasteiger partial charge in [-0.2, -0.15) is 0 Å². The third-order valence-electron chi connectivity index (χ3n) is 2.21. The minimum atomic E-state index is -0.112. The normalized spacial score (nSPS) is 9.35. The summed E-state index contributed by atoms with van der Waals surface area (Å²) in [7, 11) is 6.00. The molecular formula is C16H24N2O2. The Morgan fingerprint density at radius 2 is 1.70 bits per heavy atom. The Kier molecular flexibility index (Phi) is 8.16. The average Bonchev–Trinajstić information content (AvgIpc) is 2.40. The monoisotopic (exact) mass is 276 g/mol. The van der Waals surface area contributed by atoms with Gasteiger partial charge in [-0.25, -0.2) is 0 Å². The van der Waals surface area contributed by atoms with E-state index < -0.39 is 0 Å². The van der Waals surface area contributed by atoms with Gasteiger partial charge in [-0.05, 0) is 39.7 Å². The molecule has 2 aromatic rings. The van der Waals surface area contributed by atoms with Crippen molar-refractivity contribution >= 4 is 17.2 Å². The highest BCUT2D eigenvalue weighted by molar-refractivity contribution is 5.85. The van der Waals surface area contributed by atoms with Crippen molar-refractivity contribution in [3.63, 3.8) is 0 Å². The summed E-state index contributed by atoms with van der Waals surface area (Å²) in [4.78, 5) is 27.0. The van der Waals surface area contributed by atoms with Crippen LogP contribution in [-0.4, -0.2) is 37.3 Å². The van der Waals surface area contributed by atoms with Crippen LogP contribution in [0.3, 0.4) is 0 Å². The second-order valence-corrected chi connectivity index (χ2v) is 4.55. The molecule has 0 aliphatic rings. The fourth-order valence-electron chi connectivity index (χ4n) is 1.57. The lowest BCUT2D eigenvalue weighted by Crippen LogP contribution is -2.05. The first-order chi connectivity index (χ1) is 9.45. The predicted octanol–water partition coefficient (Wildman–Crippen LogP) is 2.85. The van der Waals surface area contributed by atoms with Crippen LogP contribution in [0.1, 0.15) is 29.9 Å². The highest BCUT2D eigenvalue weighted by Gasteiger charge is 2.02. The number of hydrogen-bond acceptors (Lipinski definition) is 3. The molecule has 1 heterocycles. The van der Waals surface area contributed by atoms with Crippen molar-refractivity contribution in [2.75, 3.05) is 21.1 Å². The molecule has 1 N–H and O–H groups in total. The van der Waals surface area contributed by atoms with Gasteiger partial charge in [-0.3, -0.25) is 9.59 Å². The van der Waals surface area contributed by atoms with Crippen molar-refractivity contribution in [3.8, 4) is 0 Å². The van der Waals surface area contributed by atoms with Gasteiger partial charge in [0.1, 0.15) is 0 Å². The van der Waals surface area contributed by atoms with E-state index in [1.165, 1.54) is 6.07 Å².